The van der Waals surface area contributed by atoms with Crippen molar-refractivity contribution in [2.45, 2.75) is 26.1 Å². The Kier molecular flexibility index (Phi) is 5.68. The van der Waals surface area contributed by atoms with Crippen molar-refractivity contribution in [1.82, 2.24) is 0 Å². The van der Waals surface area contributed by atoms with E-state index in [-0.39, 0.29) is 5.75 Å². The molecule has 158 valence electrons. The molecule has 31 heavy (non-hydrogen) atoms. The van der Waals surface area contributed by atoms with Crippen molar-refractivity contribution in [3.05, 3.63) is 90.2 Å². The summed E-state index contributed by atoms with van der Waals surface area (Å²) in [5, 5.41) is 2.23. The third kappa shape index (κ3) is 4.88. The molecule has 0 aromatic heterocycles. The van der Waals surface area contributed by atoms with E-state index in [0.717, 1.165) is 34.7 Å². The molecule has 0 bridgehead atoms. The first-order valence-electron chi connectivity index (χ1n) is 10.0. The highest BCUT2D eigenvalue weighted by Gasteiger charge is 2.31. The maximum Gasteiger partial charge on any atom is 0.573 e. The van der Waals surface area contributed by atoms with E-state index in [1.165, 1.54) is 35.9 Å². The molecule has 0 amide bonds. The molecule has 0 aliphatic rings. The Morgan fingerprint density at radius 2 is 1.32 bits per heavy atom. The molecule has 0 radical (unpaired) electrons. The van der Waals surface area contributed by atoms with Crippen molar-refractivity contribution in [3.8, 4) is 28.0 Å². The molecule has 0 aliphatic carbocycles. The molecule has 0 atom stereocenters. The van der Waals surface area contributed by atoms with Gasteiger partial charge in [0.15, 0.2) is 0 Å². The fourth-order valence-corrected chi connectivity index (χ4v) is 3.68. The molecule has 4 rings (SSSR count). The third-order valence-corrected chi connectivity index (χ3v) is 5.14. The number of hydrogen-bond donors (Lipinski definition) is 0. The van der Waals surface area contributed by atoms with E-state index in [1.54, 1.807) is 6.07 Å². The number of benzene rings is 4. The molecule has 0 N–H and O–H groups in total. The number of fused-ring (bicyclic) bond motifs is 1. The van der Waals surface area contributed by atoms with Crippen LogP contribution >= 0.6 is 0 Å². The van der Waals surface area contributed by atoms with Crippen molar-refractivity contribution in [2.24, 2.45) is 0 Å². The van der Waals surface area contributed by atoms with Crippen LogP contribution in [0.1, 0.15) is 18.9 Å². The average molecular weight is 424 g/mol. The van der Waals surface area contributed by atoms with Crippen LogP contribution in [0.2, 0.25) is 0 Å². The normalized spacial score (nSPS) is 11.6. The molecule has 0 spiro atoms. The van der Waals surface area contributed by atoms with Crippen molar-refractivity contribution in [3.63, 3.8) is 0 Å². The number of halogens is 4. The molecular formula is C26H20F4O. The van der Waals surface area contributed by atoms with Gasteiger partial charge < -0.3 is 4.74 Å². The van der Waals surface area contributed by atoms with Gasteiger partial charge in [-0.05, 0) is 63.7 Å². The lowest BCUT2D eigenvalue weighted by Gasteiger charge is -2.11. The highest BCUT2D eigenvalue weighted by atomic mass is 19.4. The summed E-state index contributed by atoms with van der Waals surface area (Å²) in [5.41, 5.74) is 3.71. The Balaban J connectivity index is 1.60. The van der Waals surface area contributed by atoms with E-state index in [0.29, 0.717) is 11.1 Å². The van der Waals surface area contributed by atoms with Gasteiger partial charge in [0.05, 0.1) is 0 Å². The first kappa shape index (κ1) is 20.9. The van der Waals surface area contributed by atoms with Crippen LogP contribution in [0.4, 0.5) is 17.6 Å². The fraction of sp³-hybridized carbons (Fsp3) is 0.154. The Bertz CT molecular complexity index is 1210. The summed E-state index contributed by atoms with van der Waals surface area (Å²) in [7, 11) is 0. The monoisotopic (exact) mass is 424 g/mol. The van der Waals surface area contributed by atoms with E-state index in [2.05, 4.69) is 29.9 Å². The van der Waals surface area contributed by atoms with Gasteiger partial charge in [-0.3, -0.25) is 0 Å². The lowest BCUT2D eigenvalue weighted by molar-refractivity contribution is -0.274. The molecule has 0 heterocycles. The molecular weight excluding hydrogens is 404 g/mol. The predicted octanol–water partition coefficient (Wildman–Crippen LogP) is 8.16. The topological polar surface area (TPSA) is 9.23 Å². The number of hydrogen-bond acceptors (Lipinski definition) is 1. The molecule has 5 heteroatoms. The molecule has 0 unspecified atom stereocenters. The molecule has 0 fully saturated rings. The maximum absolute atomic E-state index is 14.8. The molecule has 0 saturated carbocycles. The zero-order chi connectivity index (χ0) is 22.0. The first-order chi connectivity index (χ1) is 14.8. The van der Waals surface area contributed by atoms with Gasteiger partial charge in [0.2, 0.25) is 0 Å². The molecule has 4 aromatic rings. The van der Waals surface area contributed by atoms with Gasteiger partial charge in [-0.25, -0.2) is 4.39 Å². The van der Waals surface area contributed by atoms with Crippen LogP contribution in [0.15, 0.2) is 78.9 Å². The molecule has 0 saturated heterocycles. The van der Waals surface area contributed by atoms with Gasteiger partial charge in [-0.15, -0.1) is 13.2 Å². The van der Waals surface area contributed by atoms with Crippen LogP contribution < -0.4 is 4.74 Å². The Morgan fingerprint density at radius 3 is 2.00 bits per heavy atom. The summed E-state index contributed by atoms with van der Waals surface area (Å²) < 4.78 is 55.6. The Hall–Kier alpha value is -3.34. The summed E-state index contributed by atoms with van der Waals surface area (Å²) in [6.07, 6.45) is -2.63. The van der Waals surface area contributed by atoms with Crippen LogP contribution in [0.3, 0.4) is 0 Å². The minimum Gasteiger partial charge on any atom is -0.406 e. The lowest BCUT2D eigenvalue weighted by atomic mass is 9.97. The van der Waals surface area contributed by atoms with Gasteiger partial charge >= 0.3 is 6.36 Å². The standard InChI is InChI=1S/C26H20F4O/c1-2-3-17-4-5-20-15-21(7-6-19(20)14-17)22-10-13-24(25(27)16-22)18-8-11-23(12-9-18)31-26(28,29)30/h4-16H,2-3H2,1H3. The zero-order valence-corrected chi connectivity index (χ0v) is 16.8. The van der Waals surface area contributed by atoms with Crippen molar-refractivity contribution < 1.29 is 22.3 Å². The van der Waals surface area contributed by atoms with E-state index in [1.807, 2.05) is 24.3 Å². The summed E-state index contributed by atoms with van der Waals surface area (Å²) in [6, 6.07) is 22.5. The van der Waals surface area contributed by atoms with E-state index < -0.39 is 12.2 Å². The number of ether oxygens (including phenoxy) is 1. The van der Waals surface area contributed by atoms with Crippen LogP contribution in [0.5, 0.6) is 5.75 Å². The minimum absolute atomic E-state index is 0.312. The summed E-state index contributed by atoms with van der Waals surface area (Å²) in [5.74, 6) is -0.785. The Morgan fingerprint density at radius 1 is 0.710 bits per heavy atom. The fourth-order valence-electron chi connectivity index (χ4n) is 3.68. The van der Waals surface area contributed by atoms with E-state index in [9.17, 15) is 17.6 Å². The average Bonchev–Trinajstić information content (AvgIpc) is 2.73. The number of alkyl halides is 3. The van der Waals surface area contributed by atoms with Crippen LogP contribution in [-0.4, -0.2) is 6.36 Å². The van der Waals surface area contributed by atoms with Gasteiger partial charge in [0, 0.05) is 5.56 Å². The third-order valence-electron chi connectivity index (χ3n) is 5.14. The van der Waals surface area contributed by atoms with Gasteiger partial charge in [0.25, 0.3) is 0 Å². The minimum atomic E-state index is -4.76. The largest absolute Gasteiger partial charge is 0.573 e. The SMILES string of the molecule is CCCc1ccc2cc(-c3ccc(-c4ccc(OC(F)(F)F)cc4)c(F)c3)ccc2c1. The summed E-state index contributed by atoms with van der Waals surface area (Å²) in [6.45, 7) is 2.15. The van der Waals surface area contributed by atoms with Crippen molar-refractivity contribution in [2.75, 3.05) is 0 Å². The van der Waals surface area contributed by atoms with E-state index in [4.69, 9.17) is 0 Å². The predicted molar refractivity (Wildman–Crippen MR) is 115 cm³/mol. The number of aryl methyl sites for hydroxylation is 1. The highest BCUT2D eigenvalue weighted by molar-refractivity contribution is 5.88. The number of rotatable bonds is 5. The maximum atomic E-state index is 14.8. The summed E-state index contributed by atoms with van der Waals surface area (Å²) in [4.78, 5) is 0. The first-order valence-corrected chi connectivity index (χ1v) is 10.0. The smallest absolute Gasteiger partial charge is 0.406 e. The van der Waals surface area contributed by atoms with E-state index >= 15 is 0 Å². The molecule has 4 aromatic carbocycles. The second kappa shape index (κ2) is 8.42. The summed E-state index contributed by atoms with van der Waals surface area (Å²) >= 11 is 0. The zero-order valence-electron chi connectivity index (χ0n) is 16.8. The quantitative estimate of drug-likeness (QED) is 0.294. The van der Waals surface area contributed by atoms with Crippen molar-refractivity contribution in [1.29, 1.82) is 0 Å². The molecule has 1 nitrogen and oxygen atoms in total. The van der Waals surface area contributed by atoms with Gasteiger partial charge in [-0.2, -0.15) is 0 Å². The Labute approximate surface area is 177 Å². The highest BCUT2D eigenvalue weighted by Crippen LogP contribution is 2.32. The van der Waals surface area contributed by atoms with Crippen LogP contribution in [0, 0.1) is 5.82 Å². The van der Waals surface area contributed by atoms with Gasteiger partial charge in [0.1, 0.15) is 11.6 Å². The van der Waals surface area contributed by atoms with Crippen LogP contribution in [-0.2, 0) is 6.42 Å². The second-order valence-electron chi connectivity index (χ2n) is 7.41. The second-order valence-corrected chi connectivity index (χ2v) is 7.41. The van der Waals surface area contributed by atoms with Crippen molar-refractivity contribution >= 4 is 10.8 Å². The van der Waals surface area contributed by atoms with Gasteiger partial charge in [-0.1, -0.05) is 67.9 Å². The lowest BCUT2D eigenvalue weighted by Crippen LogP contribution is -2.16. The van der Waals surface area contributed by atoms with Crippen LogP contribution in [0.25, 0.3) is 33.0 Å². The molecule has 0 aliphatic heterocycles.